The molecular formula is C22H16ClF2N3O4S. The summed E-state index contributed by atoms with van der Waals surface area (Å²) in [6.07, 6.45) is 2.40. The van der Waals surface area contributed by atoms with Gasteiger partial charge < -0.3 is 11.1 Å². The molecule has 0 aromatic heterocycles. The van der Waals surface area contributed by atoms with Crippen molar-refractivity contribution in [2.45, 2.75) is 4.90 Å². The number of carbonyl (C=O) groups is 2. The second kappa shape index (κ2) is 9.80. The molecule has 33 heavy (non-hydrogen) atoms. The number of hydrogen-bond acceptors (Lipinski definition) is 4. The van der Waals surface area contributed by atoms with Gasteiger partial charge in [-0.1, -0.05) is 35.9 Å². The molecule has 7 nitrogen and oxygen atoms in total. The molecule has 0 aliphatic heterocycles. The van der Waals surface area contributed by atoms with Crippen LogP contribution >= 0.6 is 11.6 Å². The fourth-order valence-corrected chi connectivity index (χ4v) is 4.00. The molecule has 0 bridgehead atoms. The zero-order valence-corrected chi connectivity index (χ0v) is 18.3. The predicted molar refractivity (Wildman–Crippen MR) is 121 cm³/mol. The fourth-order valence-electron chi connectivity index (χ4n) is 2.69. The number of anilines is 2. The van der Waals surface area contributed by atoms with Gasteiger partial charge in [-0.3, -0.25) is 14.3 Å². The van der Waals surface area contributed by atoms with Crippen LogP contribution < -0.4 is 15.8 Å². The molecule has 0 fully saturated rings. The van der Waals surface area contributed by atoms with Crippen LogP contribution in [0.4, 0.5) is 20.2 Å². The van der Waals surface area contributed by atoms with Crippen molar-refractivity contribution in [3.05, 3.63) is 94.5 Å². The summed E-state index contributed by atoms with van der Waals surface area (Å²) in [5.41, 5.74) is 4.72. The zero-order valence-electron chi connectivity index (χ0n) is 16.7. The zero-order chi connectivity index (χ0) is 24.2. The summed E-state index contributed by atoms with van der Waals surface area (Å²) in [5.74, 6) is -4.11. The lowest BCUT2D eigenvalue weighted by Crippen LogP contribution is -2.16. The van der Waals surface area contributed by atoms with Crippen molar-refractivity contribution in [1.29, 1.82) is 0 Å². The van der Waals surface area contributed by atoms with E-state index in [-0.39, 0.29) is 15.6 Å². The number of para-hydroxylation sites is 1. The minimum Gasteiger partial charge on any atom is -0.366 e. The van der Waals surface area contributed by atoms with Gasteiger partial charge in [0.15, 0.2) is 0 Å². The summed E-state index contributed by atoms with van der Waals surface area (Å²) in [6.45, 7) is 0. The smallest absolute Gasteiger partial charge is 0.261 e. The first kappa shape index (κ1) is 23.9. The Labute approximate surface area is 192 Å². The molecule has 0 heterocycles. The fraction of sp³-hybridized carbons (Fsp3) is 0. The van der Waals surface area contributed by atoms with Gasteiger partial charge in [0.05, 0.1) is 26.9 Å². The molecule has 0 saturated heterocycles. The average Bonchev–Trinajstić information content (AvgIpc) is 2.76. The molecule has 170 valence electrons. The van der Waals surface area contributed by atoms with Crippen LogP contribution in [-0.4, -0.2) is 20.2 Å². The number of hydrogen-bond donors (Lipinski definition) is 3. The Bertz CT molecular complexity index is 1360. The minimum absolute atomic E-state index is 0.0311. The molecule has 4 N–H and O–H groups in total. The van der Waals surface area contributed by atoms with Crippen LogP contribution in [-0.2, 0) is 14.8 Å². The lowest BCUT2D eigenvalue weighted by molar-refractivity contribution is -0.111. The molecule has 0 saturated carbocycles. The largest absolute Gasteiger partial charge is 0.366 e. The molecule has 0 spiro atoms. The topological polar surface area (TPSA) is 118 Å². The van der Waals surface area contributed by atoms with E-state index in [9.17, 15) is 26.8 Å². The first-order valence-electron chi connectivity index (χ1n) is 9.22. The van der Waals surface area contributed by atoms with E-state index in [1.165, 1.54) is 36.4 Å². The third kappa shape index (κ3) is 5.93. The molecule has 2 amide bonds. The third-order valence-corrected chi connectivity index (χ3v) is 6.03. The van der Waals surface area contributed by atoms with Crippen molar-refractivity contribution in [3.63, 3.8) is 0 Å². The van der Waals surface area contributed by atoms with Crippen molar-refractivity contribution in [3.8, 4) is 0 Å². The van der Waals surface area contributed by atoms with E-state index in [0.29, 0.717) is 11.6 Å². The van der Waals surface area contributed by atoms with Crippen LogP contribution in [0.25, 0.3) is 6.08 Å². The van der Waals surface area contributed by atoms with Crippen LogP contribution in [0.3, 0.4) is 0 Å². The van der Waals surface area contributed by atoms with Crippen LogP contribution in [0.15, 0.2) is 71.6 Å². The maximum absolute atomic E-state index is 13.9. The lowest BCUT2D eigenvalue weighted by Gasteiger charge is -2.09. The monoisotopic (exact) mass is 491 g/mol. The van der Waals surface area contributed by atoms with Gasteiger partial charge in [-0.2, -0.15) is 0 Å². The first-order chi connectivity index (χ1) is 15.6. The van der Waals surface area contributed by atoms with Gasteiger partial charge in [0.1, 0.15) is 11.6 Å². The van der Waals surface area contributed by atoms with Crippen LogP contribution in [0.2, 0.25) is 5.02 Å². The van der Waals surface area contributed by atoms with E-state index >= 15 is 0 Å². The van der Waals surface area contributed by atoms with Gasteiger partial charge in [-0.15, -0.1) is 0 Å². The molecule has 3 rings (SSSR count). The summed E-state index contributed by atoms with van der Waals surface area (Å²) in [6, 6.07) is 13.2. The number of primary amides is 1. The van der Waals surface area contributed by atoms with Gasteiger partial charge >= 0.3 is 0 Å². The third-order valence-electron chi connectivity index (χ3n) is 4.32. The summed E-state index contributed by atoms with van der Waals surface area (Å²) < 4.78 is 54.8. The Morgan fingerprint density at radius 3 is 2.24 bits per heavy atom. The van der Waals surface area contributed by atoms with Crippen LogP contribution in [0.1, 0.15) is 15.9 Å². The predicted octanol–water partition coefficient (Wildman–Crippen LogP) is 4.17. The highest BCUT2D eigenvalue weighted by Crippen LogP contribution is 2.24. The molecule has 0 aliphatic carbocycles. The van der Waals surface area contributed by atoms with Gasteiger partial charge in [0, 0.05) is 12.1 Å². The summed E-state index contributed by atoms with van der Waals surface area (Å²) >= 11 is 5.97. The molecule has 0 unspecified atom stereocenters. The Morgan fingerprint density at radius 2 is 1.61 bits per heavy atom. The molecule has 3 aromatic carbocycles. The first-order valence-corrected chi connectivity index (χ1v) is 11.1. The SMILES string of the molecule is NC(=O)c1cc(NC(=O)/C=C/c2ccc(S(=O)(=O)Nc3ccccc3Cl)cc2)c(F)cc1F. The second-order valence-corrected chi connectivity index (χ2v) is 8.74. The highest BCUT2D eigenvalue weighted by molar-refractivity contribution is 7.92. The molecule has 3 aromatic rings. The van der Waals surface area contributed by atoms with Crippen molar-refractivity contribution < 1.29 is 26.8 Å². The Morgan fingerprint density at radius 1 is 0.939 bits per heavy atom. The van der Waals surface area contributed by atoms with E-state index < -0.39 is 44.7 Å². The van der Waals surface area contributed by atoms with Crippen molar-refractivity contribution in [2.75, 3.05) is 10.0 Å². The summed E-state index contributed by atoms with van der Waals surface area (Å²) in [5, 5.41) is 2.42. The van der Waals surface area contributed by atoms with E-state index in [0.717, 1.165) is 12.1 Å². The summed E-state index contributed by atoms with van der Waals surface area (Å²) in [7, 11) is -3.89. The van der Waals surface area contributed by atoms with Gasteiger partial charge in [-0.25, -0.2) is 17.2 Å². The van der Waals surface area contributed by atoms with Gasteiger partial charge in [-0.05, 0) is 42.0 Å². The number of nitrogens with one attached hydrogen (secondary N) is 2. The molecule has 0 aliphatic rings. The number of benzene rings is 3. The quantitative estimate of drug-likeness (QED) is 0.430. The lowest BCUT2D eigenvalue weighted by atomic mass is 10.1. The van der Waals surface area contributed by atoms with E-state index in [1.54, 1.807) is 18.2 Å². The second-order valence-electron chi connectivity index (χ2n) is 6.65. The summed E-state index contributed by atoms with van der Waals surface area (Å²) in [4.78, 5) is 23.2. The van der Waals surface area contributed by atoms with Crippen molar-refractivity contribution in [1.82, 2.24) is 0 Å². The van der Waals surface area contributed by atoms with E-state index in [4.69, 9.17) is 17.3 Å². The maximum Gasteiger partial charge on any atom is 0.261 e. The number of sulfonamides is 1. The van der Waals surface area contributed by atoms with Crippen LogP contribution in [0, 0.1) is 11.6 Å². The van der Waals surface area contributed by atoms with E-state index in [1.807, 2.05) is 0 Å². The van der Waals surface area contributed by atoms with Crippen molar-refractivity contribution in [2.24, 2.45) is 5.73 Å². The molecular weight excluding hydrogens is 476 g/mol. The standard InChI is InChI=1S/C22H16ClF2N3O4S/c23-16-3-1-2-4-19(16)28-33(31,32)14-8-5-13(6-9-14)7-10-21(29)27-20-11-15(22(26)30)17(24)12-18(20)25/h1-12,28H,(H2,26,30)(H,27,29)/b10-7+. The Kier molecular flexibility index (Phi) is 7.10. The number of halogens is 3. The maximum atomic E-state index is 13.9. The molecule has 11 heteroatoms. The Balaban J connectivity index is 1.70. The van der Waals surface area contributed by atoms with Gasteiger partial charge in [0.2, 0.25) is 5.91 Å². The van der Waals surface area contributed by atoms with Crippen molar-refractivity contribution >= 4 is 50.9 Å². The number of rotatable bonds is 7. The number of amides is 2. The molecule has 0 atom stereocenters. The molecule has 0 radical (unpaired) electrons. The highest BCUT2D eigenvalue weighted by atomic mass is 35.5. The number of carbonyl (C=O) groups excluding carboxylic acids is 2. The normalized spacial score (nSPS) is 11.4. The minimum atomic E-state index is -3.89. The average molecular weight is 492 g/mol. The van der Waals surface area contributed by atoms with E-state index in [2.05, 4.69) is 10.0 Å². The highest BCUT2D eigenvalue weighted by Gasteiger charge is 2.16. The Hall–Kier alpha value is -3.76. The number of nitrogens with two attached hydrogens (primary N) is 1. The van der Waals surface area contributed by atoms with Crippen LogP contribution in [0.5, 0.6) is 0 Å². The van der Waals surface area contributed by atoms with Gasteiger partial charge in [0.25, 0.3) is 15.9 Å².